The number of ether oxygens (including phenoxy) is 1. The fraction of sp³-hybridized carbons (Fsp3) is 0.385. The predicted molar refractivity (Wildman–Crippen MR) is 70.7 cm³/mol. The lowest BCUT2D eigenvalue weighted by molar-refractivity contribution is 0.210. The van der Waals surface area contributed by atoms with E-state index < -0.39 is 0 Å². The van der Waals surface area contributed by atoms with Crippen LogP contribution in [-0.4, -0.2) is 34.8 Å². The Labute approximate surface area is 107 Å². The van der Waals surface area contributed by atoms with Crippen LogP contribution in [0.2, 0.25) is 0 Å². The predicted octanol–water partition coefficient (Wildman–Crippen LogP) is 1.69. The molecule has 0 saturated heterocycles. The standard InChI is InChI=1S/C13H18N4O/c1-11-3-4-14-9-12(11)10-17-7-5-15-13(17)16-6-8-18-2/h3-5,7,9H,6,8,10H2,1-2H3,(H,15,16). The van der Waals surface area contributed by atoms with Gasteiger partial charge in [0, 0.05) is 38.4 Å². The topological polar surface area (TPSA) is 52.0 Å². The van der Waals surface area contributed by atoms with E-state index in [1.54, 1.807) is 13.3 Å². The summed E-state index contributed by atoms with van der Waals surface area (Å²) in [6.07, 6.45) is 7.46. The second kappa shape index (κ2) is 6.16. The Hall–Kier alpha value is -1.88. The number of nitrogens with zero attached hydrogens (tertiary/aromatic N) is 3. The lowest BCUT2D eigenvalue weighted by Crippen LogP contribution is -2.13. The molecule has 1 N–H and O–H groups in total. The van der Waals surface area contributed by atoms with E-state index in [2.05, 4.69) is 26.8 Å². The molecular formula is C13H18N4O. The first-order valence-corrected chi connectivity index (χ1v) is 5.94. The molecule has 2 aromatic rings. The van der Waals surface area contributed by atoms with Crippen LogP contribution in [0.15, 0.2) is 30.9 Å². The number of methoxy groups -OCH3 is 1. The zero-order valence-corrected chi connectivity index (χ0v) is 10.8. The Morgan fingerprint density at radius 1 is 1.39 bits per heavy atom. The van der Waals surface area contributed by atoms with Crippen molar-refractivity contribution in [1.82, 2.24) is 14.5 Å². The van der Waals surface area contributed by atoms with E-state index in [4.69, 9.17) is 4.74 Å². The average Bonchev–Trinajstić information content (AvgIpc) is 2.80. The van der Waals surface area contributed by atoms with Crippen LogP contribution in [0.25, 0.3) is 0 Å². The minimum Gasteiger partial charge on any atom is -0.383 e. The summed E-state index contributed by atoms with van der Waals surface area (Å²) in [5.74, 6) is 0.857. The van der Waals surface area contributed by atoms with E-state index in [1.807, 2.05) is 24.7 Å². The largest absolute Gasteiger partial charge is 0.383 e. The maximum absolute atomic E-state index is 5.01. The summed E-state index contributed by atoms with van der Waals surface area (Å²) in [5, 5.41) is 3.24. The molecule has 2 aromatic heterocycles. The first-order chi connectivity index (χ1) is 8.81. The van der Waals surface area contributed by atoms with Gasteiger partial charge in [-0.25, -0.2) is 4.98 Å². The highest BCUT2D eigenvalue weighted by Gasteiger charge is 2.04. The molecule has 2 heterocycles. The summed E-state index contributed by atoms with van der Waals surface area (Å²) in [5.41, 5.74) is 2.44. The molecule has 0 atom stereocenters. The zero-order valence-electron chi connectivity index (χ0n) is 10.8. The van der Waals surface area contributed by atoms with Gasteiger partial charge in [-0.15, -0.1) is 0 Å². The molecule has 0 fully saturated rings. The van der Waals surface area contributed by atoms with Crippen molar-refractivity contribution in [3.63, 3.8) is 0 Å². The number of imidazole rings is 1. The van der Waals surface area contributed by atoms with Gasteiger partial charge in [-0.2, -0.15) is 0 Å². The van der Waals surface area contributed by atoms with Crippen molar-refractivity contribution < 1.29 is 4.74 Å². The van der Waals surface area contributed by atoms with Gasteiger partial charge in [-0.3, -0.25) is 4.98 Å². The van der Waals surface area contributed by atoms with Gasteiger partial charge in [0.2, 0.25) is 5.95 Å². The van der Waals surface area contributed by atoms with Gasteiger partial charge in [0.15, 0.2) is 0 Å². The Balaban J connectivity index is 2.05. The van der Waals surface area contributed by atoms with Gasteiger partial charge in [-0.1, -0.05) is 0 Å². The number of hydrogen-bond acceptors (Lipinski definition) is 4. The number of hydrogen-bond donors (Lipinski definition) is 1. The van der Waals surface area contributed by atoms with Gasteiger partial charge in [0.25, 0.3) is 0 Å². The Bertz CT molecular complexity index is 495. The molecule has 96 valence electrons. The molecule has 0 aliphatic carbocycles. The van der Waals surface area contributed by atoms with Crippen LogP contribution >= 0.6 is 0 Å². The van der Waals surface area contributed by atoms with Crippen molar-refractivity contribution in [3.05, 3.63) is 42.0 Å². The van der Waals surface area contributed by atoms with E-state index in [9.17, 15) is 0 Å². The number of aryl methyl sites for hydroxylation is 1. The van der Waals surface area contributed by atoms with Crippen LogP contribution < -0.4 is 5.32 Å². The number of nitrogens with one attached hydrogen (secondary N) is 1. The van der Waals surface area contributed by atoms with Crippen LogP contribution in [0.5, 0.6) is 0 Å². The molecule has 5 nitrogen and oxygen atoms in total. The van der Waals surface area contributed by atoms with Crippen LogP contribution in [0.1, 0.15) is 11.1 Å². The maximum Gasteiger partial charge on any atom is 0.203 e. The molecule has 0 aliphatic heterocycles. The molecule has 0 amide bonds. The fourth-order valence-corrected chi connectivity index (χ4v) is 1.71. The molecule has 0 bridgehead atoms. The van der Waals surface area contributed by atoms with E-state index >= 15 is 0 Å². The smallest absolute Gasteiger partial charge is 0.203 e. The Morgan fingerprint density at radius 3 is 3.06 bits per heavy atom. The molecule has 2 rings (SSSR count). The monoisotopic (exact) mass is 246 g/mol. The number of aromatic nitrogens is 3. The van der Waals surface area contributed by atoms with Gasteiger partial charge >= 0.3 is 0 Å². The summed E-state index contributed by atoms with van der Waals surface area (Å²) in [6.45, 7) is 4.28. The van der Waals surface area contributed by atoms with Crippen molar-refractivity contribution in [2.75, 3.05) is 25.6 Å². The first-order valence-electron chi connectivity index (χ1n) is 5.94. The first kappa shape index (κ1) is 12.6. The van der Waals surface area contributed by atoms with Gasteiger partial charge in [-0.05, 0) is 24.1 Å². The summed E-state index contributed by atoms with van der Waals surface area (Å²) in [4.78, 5) is 8.45. The normalized spacial score (nSPS) is 10.6. The molecular weight excluding hydrogens is 228 g/mol. The molecule has 0 saturated carbocycles. The highest BCUT2D eigenvalue weighted by Crippen LogP contribution is 2.11. The Kier molecular flexibility index (Phi) is 4.30. The van der Waals surface area contributed by atoms with Gasteiger partial charge in [0.1, 0.15) is 0 Å². The lowest BCUT2D eigenvalue weighted by atomic mass is 10.1. The molecule has 5 heteroatoms. The molecule has 0 aromatic carbocycles. The van der Waals surface area contributed by atoms with Crippen molar-refractivity contribution in [2.45, 2.75) is 13.5 Å². The lowest BCUT2D eigenvalue weighted by Gasteiger charge is -2.10. The van der Waals surface area contributed by atoms with Gasteiger partial charge in [0.05, 0.1) is 13.2 Å². The number of pyridine rings is 1. The van der Waals surface area contributed by atoms with Crippen LogP contribution in [0.4, 0.5) is 5.95 Å². The second-order valence-corrected chi connectivity index (χ2v) is 4.10. The van der Waals surface area contributed by atoms with E-state index in [0.29, 0.717) is 6.61 Å². The van der Waals surface area contributed by atoms with Gasteiger partial charge < -0.3 is 14.6 Å². The van der Waals surface area contributed by atoms with Crippen molar-refractivity contribution >= 4 is 5.95 Å². The van der Waals surface area contributed by atoms with Crippen LogP contribution in [-0.2, 0) is 11.3 Å². The quantitative estimate of drug-likeness (QED) is 0.788. The number of rotatable bonds is 6. The minimum absolute atomic E-state index is 0.665. The van der Waals surface area contributed by atoms with Crippen molar-refractivity contribution in [3.8, 4) is 0 Å². The molecule has 0 radical (unpaired) electrons. The third kappa shape index (κ3) is 3.07. The maximum atomic E-state index is 5.01. The highest BCUT2D eigenvalue weighted by atomic mass is 16.5. The summed E-state index contributed by atoms with van der Waals surface area (Å²) >= 11 is 0. The third-order valence-corrected chi connectivity index (χ3v) is 2.79. The highest BCUT2D eigenvalue weighted by molar-refractivity contribution is 5.29. The van der Waals surface area contributed by atoms with E-state index in [1.165, 1.54) is 11.1 Å². The summed E-state index contributed by atoms with van der Waals surface area (Å²) < 4.78 is 7.08. The van der Waals surface area contributed by atoms with E-state index in [0.717, 1.165) is 19.0 Å². The molecule has 0 aliphatic rings. The minimum atomic E-state index is 0.665. The average molecular weight is 246 g/mol. The van der Waals surface area contributed by atoms with Crippen LogP contribution in [0, 0.1) is 6.92 Å². The Morgan fingerprint density at radius 2 is 2.28 bits per heavy atom. The second-order valence-electron chi connectivity index (χ2n) is 4.10. The van der Waals surface area contributed by atoms with Crippen molar-refractivity contribution in [2.24, 2.45) is 0 Å². The summed E-state index contributed by atoms with van der Waals surface area (Å²) in [6, 6.07) is 2.02. The number of anilines is 1. The molecule has 18 heavy (non-hydrogen) atoms. The van der Waals surface area contributed by atoms with Crippen molar-refractivity contribution in [1.29, 1.82) is 0 Å². The molecule has 0 spiro atoms. The third-order valence-electron chi connectivity index (χ3n) is 2.79. The zero-order chi connectivity index (χ0) is 12.8. The van der Waals surface area contributed by atoms with E-state index in [-0.39, 0.29) is 0 Å². The SMILES string of the molecule is COCCNc1nccn1Cc1cnccc1C. The molecule has 0 unspecified atom stereocenters. The van der Waals surface area contributed by atoms with Crippen LogP contribution in [0.3, 0.4) is 0 Å². The fourth-order valence-electron chi connectivity index (χ4n) is 1.71. The summed E-state index contributed by atoms with van der Waals surface area (Å²) in [7, 11) is 1.69.